The van der Waals surface area contributed by atoms with Crippen molar-refractivity contribution in [3.8, 4) is 0 Å². The zero-order chi connectivity index (χ0) is 9.19. The van der Waals surface area contributed by atoms with E-state index in [1.165, 1.54) is 17.1 Å². The zero-order valence-corrected chi connectivity index (χ0v) is 7.61. The van der Waals surface area contributed by atoms with Gasteiger partial charge in [0.05, 0.1) is 11.9 Å². The Balaban J connectivity index is 0.00000144. The summed E-state index contributed by atoms with van der Waals surface area (Å²) in [5, 5.41) is 5.90. The summed E-state index contributed by atoms with van der Waals surface area (Å²) >= 11 is 0. The average Bonchev–Trinajstić information content (AvgIpc) is 2.30. The highest BCUT2D eigenvalue weighted by Crippen LogP contribution is 2.15. The first kappa shape index (κ1) is 12.1. The minimum absolute atomic E-state index is 0. The van der Waals surface area contributed by atoms with Crippen LogP contribution in [0, 0.1) is 0 Å². The largest absolute Gasteiger partial charge is 0.405 e. The van der Waals surface area contributed by atoms with Crippen LogP contribution in [-0.4, -0.2) is 22.5 Å². The molecule has 0 unspecified atom stereocenters. The van der Waals surface area contributed by atoms with Gasteiger partial charge in [-0.15, -0.1) is 12.4 Å². The van der Waals surface area contributed by atoms with Crippen molar-refractivity contribution in [2.75, 3.05) is 11.9 Å². The van der Waals surface area contributed by atoms with E-state index < -0.39 is 12.7 Å². The molecule has 1 heterocycles. The van der Waals surface area contributed by atoms with Gasteiger partial charge < -0.3 is 5.32 Å². The smallest absolute Gasteiger partial charge is 0.374 e. The number of aromatic nitrogens is 2. The number of hydrogen-bond acceptors (Lipinski definition) is 2. The molecule has 0 radical (unpaired) electrons. The first-order valence-electron chi connectivity index (χ1n) is 3.27. The van der Waals surface area contributed by atoms with Gasteiger partial charge in [-0.05, 0) is 0 Å². The first-order valence-corrected chi connectivity index (χ1v) is 3.27. The van der Waals surface area contributed by atoms with Crippen LogP contribution < -0.4 is 5.32 Å². The van der Waals surface area contributed by atoms with Gasteiger partial charge in [0, 0.05) is 13.2 Å². The SMILES string of the molecule is Cl.Cn1cc(NCC(F)(F)F)cn1. The summed E-state index contributed by atoms with van der Waals surface area (Å²) in [5.74, 6) is 0. The van der Waals surface area contributed by atoms with Gasteiger partial charge >= 0.3 is 6.18 Å². The number of aryl methyl sites for hydroxylation is 1. The van der Waals surface area contributed by atoms with Gasteiger partial charge in [-0.3, -0.25) is 4.68 Å². The molecule has 1 N–H and O–H groups in total. The molecule has 3 nitrogen and oxygen atoms in total. The minimum atomic E-state index is -4.18. The Labute approximate surface area is 79.3 Å². The molecule has 0 aromatic carbocycles. The molecule has 1 aromatic rings. The average molecular weight is 216 g/mol. The van der Waals surface area contributed by atoms with Crippen LogP contribution in [0.25, 0.3) is 0 Å². The molecule has 76 valence electrons. The third kappa shape index (κ3) is 4.62. The molecule has 0 spiro atoms. The third-order valence-corrected chi connectivity index (χ3v) is 1.20. The van der Waals surface area contributed by atoms with E-state index in [2.05, 4.69) is 10.4 Å². The first-order chi connectivity index (χ1) is 5.47. The fraction of sp³-hybridized carbons (Fsp3) is 0.500. The van der Waals surface area contributed by atoms with E-state index in [1.54, 1.807) is 7.05 Å². The maximum absolute atomic E-state index is 11.7. The molecule has 0 bridgehead atoms. The van der Waals surface area contributed by atoms with Gasteiger partial charge in [0.2, 0.25) is 0 Å². The number of anilines is 1. The van der Waals surface area contributed by atoms with Crippen LogP contribution in [-0.2, 0) is 7.05 Å². The second-order valence-electron chi connectivity index (χ2n) is 2.37. The fourth-order valence-corrected chi connectivity index (χ4v) is 0.715. The predicted molar refractivity (Wildman–Crippen MR) is 45.0 cm³/mol. The lowest BCUT2D eigenvalue weighted by atomic mass is 10.5. The highest BCUT2D eigenvalue weighted by molar-refractivity contribution is 5.85. The number of alkyl halides is 3. The Hall–Kier alpha value is -0.910. The molecule has 1 aromatic heterocycles. The van der Waals surface area contributed by atoms with Gasteiger partial charge in [-0.25, -0.2) is 0 Å². The molecule has 0 atom stereocenters. The summed E-state index contributed by atoms with van der Waals surface area (Å²) in [4.78, 5) is 0. The number of rotatable bonds is 2. The number of hydrogen-bond donors (Lipinski definition) is 1. The molecule has 0 saturated carbocycles. The maximum Gasteiger partial charge on any atom is 0.405 e. The summed E-state index contributed by atoms with van der Waals surface area (Å²) in [7, 11) is 1.64. The Morgan fingerprint density at radius 2 is 2.15 bits per heavy atom. The van der Waals surface area contributed by atoms with Gasteiger partial charge in [-0.2, -0.15) is 18.3 Å². The molecule has 0 aliphatic rings. The zero-order valence-electron chi connectivity index (χ0n) is 6.80. The van der Waals surface area contributed by atoms with Crippen LogP contribution in [0.4, 0.5) is 18.9 Å². The van der Waals surface area contributed by atoms with Gasteiger partial charge in [0.15, 0.2) is 0 Å². The third-order valence-electron chi connectivity index (χ3n) is 1.20. The Kier molecular flexibility index (Phi) is 4.06. The van der Waals surface area contributed by atoms with E-state index in [4.69, 9.17) is 0 Å². The van der Waals surface area contributed by atoms with Gasteiger partial charge in [0.1, 0.15) is 6.54 Å². The van der Waals surface area contributed by atoms with Crippen molar-refractivity contribution >= 4 is 18.1 Å². The number of nitrogens with zero attached hydrogens (tertiary/aromatic N) is 2. The molecule has 0 aliphatic carbocycles. The van der Waals surface area contributed by atoms with Crippen molar-refractivity contribution in [2.24, 2.45) is 7.05 Å². The van der Waals surface area contributed by atoms with Crippen LogP contribution >= 0.6 is 12.4 Å². The van der Waals surface area contributed by atoms with Crippen LogP contribution in [0.15, 0.2) is 12.4 Å². The molecule has 1 rings (SSSR count). The van der Waals surface area contributed by atoms with Gasteiger partial charge in [-0.1, -0.05) is 0 Å². The van der Waals surface area contributed by atoms with Crippen molar-refractivity contribution in [3.63, 3.8) is 0 Å². The van der Waals surface area contributed by atoms with Crippen LogP contribution in [0.3, 0.4) is 0 Å². The Bertz CT molecular complexity index is 258. The van der Waals surface area contributed by atoms with E-state index in [0.717, 1.165) is 0 Å². The lowest BCUT2D eigenvalue weighted by molar-refractivity contribution is -0.115. The van der Waals surface area contributed by atoms with Crippen LogP contribution in [0.1, 0.15) is 0 Å². The summed E-state index contributed by atoms with van der Waals surface area (Å²) < 4.78 is 36.4. The highest BCUT2D eigenvalue weighted by Gasteiger charge is 2.26. The standard InChI is InChI=1S/C6H8F3N3.ClH/c1-12-3-5(2-11-12)10-4-6(7,8)9;/h2-3,10H,4H2,1H3;1H. The lowest BCUT2D eigenvalue weighted by Gasteiger charge is -2.06. The van der Waals surface area contributed by atoms with Gasteiger partial charge in [0.25, 0.3) is 0 Å². The van der Waals surface area contributed by atoms with Crippen LogP contribution in [0.2, 0.25) is 0 Å². The summed E-state index contributed by atoms with van der Waals surface area (Å²) in [5.41, 5.74) is 0.370. The molecule has 0 amide bonds. The summed E-state index contributed by atoms with van der Waals surface area (Å²) in [6.45, 7) is -1.03. The Morgan fingerprint density at radius 3 is 2.54 bits per heavy atom. The number of nitrogens with one attached hydrogen (secondary N) is 1. The van der Waals surface area contributed by atoms with Crippen molar-refractivity contribution < 1.29 is 13.2 Å². The fourth-order valence-electron chi connectivity index (χ4n) is 0.715. The van der Waals surface area contributed by atoms with E-state index >= 15 is 0 Å². The second kappa shape index (κ2) is 4.36. The molecule has 13 heavy (non-hydrogen) atoms. The van der Waals surface area contributed by atoms with E-state index in [0.29, 0.717) is 5.69 Å². The van der Waals surface area contributed by atoms with Crippen molar-refractivity contribution in [1.29, 1.82) is 0 Å². The Morgan fingerprint density at radius 1 is 1.54 bits per heavy atom. The minimum Gasteiger partial charge on any atom is -0.374 e. The maximum atomic E-state index is 11.7. The summed E-state index contributed by atoms with van der Waals surface area (Å²) in [6, 6.07) is 0. The summed E-state index contributed by atoms with van der Waals surface area (Å²) in [6.07, 6.45) is -1.37. The van der Waals surface area contributed by atoms with Crippen molar-refractivity contribution in [2.45, 2.75) is 6.18 Å². The molecule has 0 aliphatic heterocycles. The normalized spacial score (nSPS) is 10.8. The van der Waals surface area contributed by atoms with E-state index in [-0.39, 0.29) is 12.4 Å². The number of halogens is 4. The predicted octanol–water partition coefficient (Wildman–Crippen LogP) is 1.82. The van der Waals surface area contributed by atoms with Crippen molar-refractivity contribution in [3.05, 3.63) is 12.4 Å². The lowest BCUT2D eigenvalue weighted by Crippen LogP contribution is -2.20. The molecule has 7 heteroatoms. The van der Waals surface area contributed by atoms with Crippen LogP contribution in [0.5, 0.6) is 0 Å². The molecular weight excluding hydrogens is 207 g/mol. The molecular formula is C6H9ClF3N3. The monoisotopic (exact) mass is 215 g/mol. The topological polar surface area (TPSA) is 29.9 Å². The molecule has 0 fully saturated rings. The highest BCUT2D eigenvalue weighted by atomic mass is 35.5. The molecule has 0 saturated heterocycles. The van der Waals surface area contributed by atoms with E-state index in [1.807, 2.05) is 0 Å². The van der Waals surface area contributed by atoms with E-state index in [9.17, 15) is 13.2 Å². The quantitative estimate of drug-likeness (QED) is 0.816. The van der Waals surface area contributed by atoms with Crippen molar-refractivity contribution in [1.82, 2.24) is 9.78 Å². The second-order valence-corrected chi connectivity index (χ2v) is 2.37.